The molecule has 4 nitrogen and oxygen atoms in total. The third kappa shape index (κ3) is 1.06. The van der Waals surface area contributed by atoms with E-state index in [1.807, 2.05) is 0 Å². The van der Waals surface area contributed by atoms with E-state index in [1.54, 1.807) is 13.8 Å². The highest BCUT2D eigenvalue weighted by atomic mass is 79.9. The van der Waals surface area contributed by atoms with Crippen LogP contribution in [0.2, 0.25) is 0 Å². The fourth-order valence-corrected chi connectivity index (χ4v) is 8.75. The van der Waals surface area contributed by atoms with Crippen molar-refractivity contribution in [1.29, 1.82) is 0 Å². The van der Waals surface area contributed by atoms with E-state index < -0.39 is 17.7 Å². The lowest BCUT2D eigenvalue weighted by molar-refractivity contribution is -0.222. The van der Waals surface area contributed by atoms with Gasteiger partial charge in [0.15, 0.2) is 0 Å². The minimum absolute atomic E-state index is 0.247. The van der Waals surface area contributed by atoms with Crippen molar-refractivity contribution >= 4 is 27.9 Å². The molecule has 2 bridgehead atoms. The molecular formula is C17H17BrO4. The predicted octanol–water partition coefficient (Wildman–Crippen LogP) is 2.27. The summed E-state index contributed by atoms with van der Waals surface area (Å²) in [5, 5.41) is 0. The first-order valence-electron chi connectivity index (χ1n) is 8.25. The summed E-state index contributed by atoms with van der Waals surface area (Å²) in [5.41, 5.74) is 1.36. The molecule has 0 unspecified atom stereocenters. The summed E-state index contributed by atoms with van der Waals surface area (Å²) in [7, 11) is 0. The molecule has 0 radical (unpaired) electrons. The molecule has 22 heavy (non-hydrogen) atoms. The van der Waals surface area contributed by atoms with Crippen LogP contribution in [0, 0.1) is 47.3 Å². The van der Waals surface area contributed by atoms with E-state index in [2.05, 4.69) is 15.9 Å². The maximum atomic E-state index is 12.5. The zero-order valence-corrected chi connectivity index (χ0v) is 14.0. The van der Waals surface area contributed by atoms with Crippen LogP contribution < -0.4 is 0 Å². The summed E-state index contributed by atoms with van der Waals surface area (Å²) in [5.74, 6) is 3.08. The number of hydrogen-bond acceptors (Lipinski definition) is 4. The maximum Gasteiger partial charge on any atom is 0.348 e. The first-order chi connectivity index (χ1) is 10.4. The Morgan fingerprint density at radius 2 is 1.64 bits per heavy atom. The SMILES string of the molecule is CC1(C)OC(=O)C(=C2[C@@H]3[C@H]4C[C@@H]5[C@H]6[C@H]([C@@H](Br)[C@@H]53)[C@@H]2[C@H]46)C(=O)O1. The first-order valence-corrected chi connectivity index (χ1v) is 9.17. The third-order valence-corrected chi connectivity index (χ3v) is 8.67. The van der Waals surface area contributed by atoms with Crippen LogP contribution >= 0.6 is 15.9 Å². The van der Waals surface area contributed by atoms with E-state index in [0.717, 1.165) is 23.3 Å². The highest BCUT2D eigenvalue weighted by Gasteiger charge is 2.82. The second-order valence-electron chi connectivity index (χ2n) is 8.38. The van der Waals surface area contributed by atoms with Crippen LogP contribution in [-0.4, -0.2) is 22.6 Å². The highest BCUT2D eigenvalue weighted by Crippen LogP contribution is 2.85. The van der Waals surface area contributed by atoms with Gasteiger partial charge in [-0.05, 0) is 59.3 Å². The Balaban J connectivity index is 1.53. The van der Waals surface area contributed by atoms with Crippen molar-refractivity contribution in [2.24, 2.45) is 47.3 Å². The van der Waals surface area contributed by atoms with Crippen LogP contribution in [0.25, 0.3) is 0 Å². The average Bonchev–Trinajstić information content (AvgIpc) is 2.87. The molecule has 1 aliphatic heterocycles. The number of hydrogen-bond donors (Lipinski definition) is 0. The average molecular weight is 365 g/mol. The number of ether oxygens (including phenoxy) is 2. The van der Waals surface area contributed by atoms with Gasteiger partial charge in [-0.15, -0.1) is 0 Å². The van der Waals surface area contributed by atoms with Crippen molar-refractivity contribution in [2.75, 3.05) is 0 Å². The Kier molecular flexibility index (Phi) is 1.90. The summed E-state index contributed by atoms with van der Waals surface area (Å²) < 4.78 is 10.7. The second-order valence-corrected chi connectivity index (χ2v) is 9.44. The van der Waals surface area contributed by atoms with Crippen molar-refractivity contribution in [1.82, 2.24) is 0 Å². The van der Waals surface area contributed by atoms with Gasteiger partial charge in [0.25, 0.3) is 5.79 Å². The van der Waals surface area contributed by atoms with Crippen LogP contribution in [0.3, 0.4) is 0 Å². The number of alkyl halides is 1. The third-order valence-electron chi connectivity index (χ3n) is 7.45. The zero-order chi connectivity index (χ0) is 15.1. The highest BCUT2D eigenvalue weighted by molar-refractivity contribution is 9.09. The molecule has 5 aliphatic carbocycles. The molecule has 1 heterocycles. The van der Waals surface area contributed by atoms with Crippen molar-refractivity contribution in [3.8, 4) is 0 Å². The number of halogens is 1. The number of carbonyl (C=O) groups excluding carboxylic acids is 2. The second kappa shape index (κ2) is 3.33. The van der Waals surface area contributed by atoms with Gasteiger partial charge in [0.05, 0.1) is 0 Å². The van der Waals surface area contributed by atoms with E-state index >= 15 is 0 Å². The number of allylic oxidation sites excluding steroid dienone is 1. The molecule has 6 aliphatic rings. The molecule has 5 saturated carbocycles. The Morgan fingerprint density at radius 1 is 0.955 bits per heavy atom. The molecule has 9 atom stereocenters. The van der Waals surface area contributed by atoms with Gasteiger partial charge in [-0.1, -0.05) is 15.9 Å². The molecule has 6 rings (SSSR count). The lowest BCUT2D eigenvalue weighted by atomic mass is 9.58. The molecule has 5 heteroatoms. The fourth-order valence-electron chi connectivity index (χ4n) is 7.35. The van der Waals surface area contributed by atoms with E-state index in [0.29, 0.717) is 34.4 Å². The fraction of sp³-hybridized carbons (Fsp3) is 0.765. The largest absolute Gasteiger partial charge is 0.419 e. The molecule has 0 spiro atoms. The van der Waals surface area contributed by atoms with Gasteiger partial charge >= 0.3 is 11.9 Å². The number of carbonyl (C=O) groups is 2. The Bertz CT molecular complexity index is 673. The van der Waals surface area contributed by atoms with Crippen LogP contribution in [0.4, 0.5) is 0 Å². The lowest BCUT2D eigenvalue weighted by Crippen LogP contribution is -2.48. The molecule has 116 valence electrons. The monoisotopic (exact) mass is 364 g/mol. The smallest absolute Gasteiger partial charge is 0.348 e. The molecular weight excluding hydrogens is 348 g/mol. The summed E-state index contributed by atoms with van der Waals surface area (Å²) in [4.78, 5) is 25.6. The standard InChI is InChI=1S/C17H17BrO4/c1-17(2)21-15(19)13(16(20)22-17)11-8-4-3-5-7-6(4)10(11)12(7)14(18)9(5)8/h4-10,12,14H,3H2,1-2H3/t4-,5+,6+,7+,8+,9-,10+,12-,14-/m0/s1. The van der Waals surface area contributed by atoms with Crippen molar-refractivity contribution in [2.45, 2.75) is 30.9 Å². The van der Waals surface area contributed by atoms with E-state index in [-0.39, 0.29) is 5.57 Å². The van der Waals surface area contributed by atoms with Crippen LogP contribution in [0.1, 0.15) is 20.3 Å². The normalized spacial score (nSPS) is 58.2. The van der Waals surface area contributed by atoms with Crippen molar-refractivity contribution in [3.63, 3.8) is 0 Å². The van der Waals surface area contributed by atoms with Crippen molar-refractivity contribution in [3.05, 3.63) is 11.1 Å². The lowest BCUT2D eigenvalue weighted by Gasteiger charge is -2.48. The van der Waals surface area contributed by atoms with Crippen LogP contribution in [0.5, 0.6) is 0 Å². The van der Waals surface area contributed by atoms with Gasteiger partial charge in [0, 0.05) is 18.7 Å². The van der Waals surface area contributed by atoms with Crippen LogP contribution in [0.15, 0.2) is 11.1 Å². The van der Waals surface area contributed by atoms with E-state index in [4.69, 9.17) is 9.47 Å². The maximum absolute atomic E-state index is 12.5. The van der Waals surface area contributed by atoms with Gasteiger partial charge in [0.1, 0.15) is 5.57 Å². The first kappa shape index (κ1) is 12.6. The zero-order valence-electron chi connectivity index (χ0n) is 12.4. The van der Waals surface area contributed by atoms with Gasteiger partial charge in [-0.2, -0.15) is 0 Å². The Labute approximate surface area is 136 Å². The van der Waals surface area contributed by atoms with Crippen LogP contribution in [-0.2, 0) is 19.1 Å². The molecule has 0 amide bonds. The quantitative estimate of drug-likeness (QED) is 0.286. The molecule has 1 saturated heterocycles. The predicted molar refractivity (Wildman–Crippen MR) is 78.5 cm³/mol. The van der Waals surface area contributed by atoms with Gasteiger partial charge in [-0.25, -0.2) is 9.59 Å². The minimum Gasteiger partial charge on any atom is -0.419 e. The molecule has 0 aromatic heterocycles. The van der Waals surface area contributed by atoms with Gasteiger partial charge in [-0.3, -0.25) is 0 Å². The van der Waals surface area contributed by atoms with E-state index in [1.165, 1.54) is 6.42 Å². The number of esters is 2. The summed E-state index contributed by atoms with van der Waals surface area (Å²) in [6.07, 6.45) is 1.30. The van der Waals surface area contributed by atoms with Crippen molar-refractivity contribution < 1.29 is 19.1 Å². The molecule has 0 aromatic carbocycles. The topological polar surface area (TPSA) is 52.6 Å². The molecule has 0 aromatic rings. The molecule has 0 N–H and O–H groups in total. The number of rotatable bonds is 0. The Hall–Kier alpha value is -0.840. The summed E-state index contributed by atoms with van der Waals surface area (Å²) >= 11 is 3.93. The number of fused-ring (bicyclic) bond motifs is 2. The number of cyclic esters (lactones) is 2. The summed E-state index contributed by atoms with van der Waals surface area (Å²) in [6, 6.07) is 0. The molecule has 6 fully saturated rings. The Morgan fingerprint density at radius 3 is 2.32 bits per heavy atom. The van der Waals surface area contributed by atoms with Gasteiger partial charge in [0.2, 0.25) is 0 Å². The minimum atomic E-state index is -1.14. The summed E-state index contributed by atoms with van der Waals surface area (Å²) in [6.45, 7) is 3.22. The van der Waals surface area contributed by atoms with Gasteiger partial charge < -0.3 is 9.47 Å². The van der Waals surface area contributed by atoms with E-state index in [9.17, 15) is 9.59 Å².